The average Bonchev–Trinajstić information content (AvgIpc) is 2.65. The first-order chi connectivity index (χ1) is 12.2. The Kier molecular flexibility index (Phi) is 4.45. The van der Waals surface area contributed by atoms with Gasteiger partial charge in [0.1, 0.15) is 11.5 Å². The maximum absolute atomic E-state index is 12.4. The van der Waals surface area contributed by atoms with Crippen LogP contribution in [0.5, 0.6) is 11.5 Å². The molecule has 25 heavy (non-hydrogen) atoms. The van der Waals surface area contributed by atoms with Crippen LogP contribution in [0.3, 0.4) is 0 Å². The SMILES string of the molecule is CC(=O)N(c1ccc(Oc2ccccc2)cc1)[C@H]1CN2CCC1CC2. The van der Waals surface area contributed by atoms with Gasteiger partial charge in [0, 0.05) is 19.2 Å². The molecule has 0 aliphatic carbocycles. The normalized spacial score (nSPS) is 24.8. The van der Waals surface area contributed by atoms with E-state index in [0.29, 0.717) is 12.0 Å². The van der Waals surface area contributed by atoms with Crippen molar-refractivity contribution in [3.8, 4) is 11.5 Å². The number of benzene rings is 2. The van der Waals surface area contributed by atoms with Crippen LogP contribution in [-0.4, -0.2) is 36.5 Å². The highest BCUT2D eigenvalue weighted by atomic mass is 16.5. The molecule has 0 saturated carbocycles. The first-order valence-corrected chi connectivity index (χ1v) is 9.06. The minimum absolute atomic E-state index is 0.121. The van der Waals surface area contributed by atoms with Gasteiger partial charge in [0.25, 0.3) is 0 Å². The number of carbonyl (C=O) groups excluding carboxylic acids is 1. The quantitative estimate of drug-likeness (QED) is 0.848. The third-order valence-corrected chi connectivity index (χ3v) is 5.39. The van der Waals surface area contributed by atoms with Gasteiger partial charge < -0.3 is 14.5 Å². The Morgan fingerprint density at radius 1 is 1.00 bits per heavy atom. The Labute approximate surface area is 149 Å². The number of piperidine rings is 3. The Morgan fingerprint density at radius 3 is 2.20 bits per heavy atom. The summed E-state index contributed by atoms with van der Waals surface area (Å²) < 4.78 is 5.86. The van der Waals surface area contributed by atoms with Gasteiger partial charge >= 0.3 is 0 Å². The summed E-state index contributed by atoms with van der Waals surface area (Å²) in [5.41, 5.74) is 0.965. The highest BCUT2D eigenvalue weighted by Crippen LogP contribution is 2.34. The number of nitrogens with zero attached hydrogens (tertiary/aromatic N) is 2. The van der Waals surface area contributed by atoms with Crippen LogP contribution in [0.15, 0.2) is 54.6 Å². The topological polar surface area (TPSA) is 32.8 Å². The third-order valence-electron chi connectivity index (χ3n) is 5.39. The molecule has 0 spiro atoms. The minimum Gasteiger partial charge on any atom is -0.457 e. The maximum Gasteiger partial charge on any atom is 0.224 e. The van der Waals surface area contributed by atoms with Gasteiger partial charge in [-0.15, -0.1) is 0 Å². The van der Waals surface area contributed by atoms with Crippen molar-refractivity contribution in [1.29, 1.82) is 0 Å². The van der Waals surface area contributed by atoms with Crippen LogP contribution in [0, 0.1) is 5.92 Å². The van der Waals surface area contributed by atoms with Gasteiger partial charge in [0.05, 0.1) is 6.04 Å². The number of hydrogen-bond acceptors (Lipinski definition) is 3. The highest BCUT2D eigenvalue weighted by Gasteiger charge is 2.39. The molecule has 0 unspecified atom stereocenters. The lowest BCUT2D eigenvalue weighted by Crippen LogP contribution is -2.58. The summed E-state index contributed by atoms with van der Waals surface area (Å²) in [6, 6.07) is 17.9. The van der Waals surface area contributed by atoms with E-state index in [2.05, 4.69) is 4.90 Å². The first kappa shape index (κ1) is 16.2. The lowest BCUT2D eigenvalue weighted by Gasteiger charge is -2.48. The largest absolute Gasteiger partial charge is 0.457 e. The molecule has 130 valence electrons. The summed E-state index contributed by atoms with van der Waals surface area (Å²) >= 11 is 0. The van der Waals surface area contributed by atoms with Gasteiger partial charge in [-0.3, -0.25) is 4.79 Å². The van der Waals surface area contributed by atoms with Crippen molar-refractivity contribution in [3.63, 3.8) is 0 Å². The molecule has 4 nitrogen and oxygen atoms in total. The summed E-state index contributed by atoms with van der Waals surface area (Å²) in [5.74, 6) is 2.34. The van der Waals surface area contributed by atoms with Crippen molar-refractivity contribution in [2.45, 2.75) is 25.8 Å². The van der Waals surface area contributed by atoms with E-state index >= 15 is 0 Å². The molecule has 2 aromatic rings. The fourth-order valence-electron chi connectivity index (χ4n) is 4.13. The lowest BCUT2D eigenvalue weighted by atomic mass is 9.83. The molecule has 5 rings (SSSR count). The zero-order chi connectivity index (χ0) is 17.2. The number of hydrogen-bond donors (Lipinski definition) is 0. The van der Waals surface area contributed by atoms with Crippen molar-refractivity contribution >= 4 is 11.6 Å². The zero-order valence-corrected chi connectivity index (χ0v) is 14.6. The van der Waals surface area contributed by atoms with E-state index in [4.69, 9.17) is 4.74 Å². The van der Waals surface area contributed by atoms with Gasteiger partial charge in [-0.2, -0.15) is 0 Å². The Bertz CT molecular complexity index is 721. The van der Waals surface area contributed by atoms with Crippen LogP contribution in [0.25, 0.3) is 0 Å². The second kappa shape index (κ2) is 6.89. The zero-order valence-electron chi connectivity index (χ0n) is 14.6. The molecular formula is C21H24N2O2. The lowest BCUT2D eigenvalue weighted by molar-refractivity contribution is -0.117. The number of fused-ring (bicyclic) bond motifs is 3. The summed E-state index contributed by atoms with van der Waals surface area (Å²) in [5, 5.41) is 0. The number of para-hydroxylation sites is 1. The minimum atomic E-state index is 0.121. The third kappa shape index (κ3) is 3.40. The molecule has 0 N–H and O–H groups in total. The van der Waals surface area contributed by atoms with Gasteiger partial charge in [-0.1, -0.05) is 18.2 Å². The molecule has 1 atom stereocenters. The van der Waals surface area contributed by atoms with E-state index in [0.717, 1.165) is 23.7 Å². The Morgan fingerprint density at radius 2 is 1.64 bits per heavy atom. The molecule has 4 heteroatoms. The number of anilines is 1. The van der Waals surface area contributed by atoms with Gasteiger partial charge in [0.2, 0.25) is 5.91 Å². The van der Waals surface area contributed by atoms with Crippen LogP contribution in [-0.2, 0) is 4.79 Å². The van der Waals surface area contributed by atoms with Crippen LogP contribution >= 0.6 is 0 Å². The van der Waals surface area contributed by atoms with Gasteiger partial charge in [-0.05, 0) is 68.2 Å². The van der Waals surface area contributed by atoms with Crippen LogP contribution in [0.4, 0.5) is 5.69 Å². The van der Waals surface area contributed by atoms with E-state index in [9.17, 15) is 4.79 Å². The fourth-order valence-corrected chi connectivity index (χ4v) is 4.13. The molecule has 1 amide bonds. The Hall–Kier alpha value is -2.33. The van der Waals surface area contributed by atoms with Crippen LogP contribution in [0.1, 0.15) is 19.8 Å². The molecule has 3 aliphatic heterocycles. The second-order valence-electron chi connectivity index (χ2n) is 7.00. The average molecular weight is 336 g/mol. The number of carbonyl (C=O) groups is 1. The van der Waals surface area contributed by atoms with Crippen molar-refractivity contribution in [2.24, 2.45) is 5.92 Å². The Balaban J connectivity index is 1.53. The molecule has 3 fully saturated rings. The van der Waals surface area contributed by atoms with Crippen LogP contribution in [0.2, 0.25) is 0 Å². The number of ether oxygens (including phenoxy) is 1. The van der Waals surface area contributed by atoms with E-state index in [1.165, 1.54) is 25.9 Å². The fraction of sp³-hybridized carbons (Fsp3) is 0.381. The molecule has 3 saturated heterocycles. The molecular weight excluding hydrogens is 312 g/mol. The second-order valence-corrected chi connectivity index (χ2v) is 7.00. The summed E-state index contributed by atoms with van der Waals surface area (Å²) in [6.45, 7) is 5.02. The predicted molar refractivity (Wildman–Crippen MR) is 99.1 cm³/mol. The summed E-state index contributed by atoms with van der Waals surface area (Å²) in [4.78, 5) is 16.8. The van der Waals surface area contributed by atoms with E-state index in [1.54, 1.807) is 6.92 Å². The van der Waals surface area contributed by atoms with E-state index < -0.39 is 0 Å². The first-order valence-electron chi connectivity index (χ1n) is 9.06. The van der Waals surface area contributed by atoms with Gasteiger partial charge in [-0.25, -0.2) is 0 Å². The summed E-state index contributed by atoms with van der Waals surface area (Å²) in [7, 11) is 0. The van der Waals surface area contributed by atoms with Crippen molar-refractivity contribution in [3.05, 3.63) is 54.6 Å². The highest BCUT2D eigenvalue weighted by molar-refractivity contribution is 5.92. The van der Waals surface area contributed by atoms with E-state index in [1.807, 2.05) is 59.5 Å². The maximum atomic E-state index is 12.4. The molecule has 2 bridgehead atoms. The molecule has 0 aromatic heterocycles. The van der Waals surface area contributed by atoms with E-state index in [-0.39, 0.29) is 5.91 Å². The number of amides is 1. The predicted octanol–water partition coefficient (Wildman–Crippen LogP) is 3.93. The van der Waals surface area contributed by atoms with Gasteiger partial charge in [0.15, 0.2) is 0 Å². The smallest absolute Gasteiger partial charge is 0.224 e. The summed E-state index contributed by atoms with van der Waals surface area (Å²) in [6.07, 6.45) is 2.40. The molecule has 3 aliphatic rings. The van der Waals surface area contributed by atoms with Crippen molar-refractivity contribution in [1.82, 2.24) is 4.90 Å². The monoisotopic (exact) mass is 336 g/mol. The van der Waals surface area contributed by atoms with Crippen molar-refractivity contribution in [2.75, 3.05) is 24.5 Å². The number of rotatable bonds is 4. The van der Waals surface area contributed by atoms with Crippen molar-refractivity contribution < 1.29 is 9.53 Å². The molecule has 0 radical (unpaired) electrons. The molecule has 3 heterocycles. The standard InChI is InChI=1S/C21H24N2O2/c1-16(24)23(21-15-22-13-11-17(21)12-14-22)18-7-9-20(10-8-18)25-19-5-3-2-4-6-19/h2-10,17,21H,11-15H2,1H3/t21-/m0/s1. The van der Waals surface area contributed by atoms with Crippen LogP contribution < -0.4 is 9.64 Å². The molecule has 2 aromatic carbocycles.